The number of amides is 1. The molecule has 1 heterocycles. The van der Waals surface area contributed by atoms with Crippen LogP contribution in [0, 0.1) is 5.41 Å². The third kappa shape index (κ3) is 4.90. The van der Waals surface area contributed by atoms with E-state index in [9.17, 15) is 4.79 Å². The number of halogens is 1. The van der Waals surface area contributed by atoms with Gasteiger partial charge in [-0.2, -0.15) is 0 Å². The van der Waals surface area contributed by atoms with Gasteiger partial charge in [-0.15, -0.1) is 12.4 Å². The Morgan fingerprint density at radius 3 is 2.90 bits per heavy atom. The number of fused-ring (bicyclic) bond motifs is 1. The maximum atomic E-state index is 12.2. The van der Waals surface area contributed by atoms with E-state index >= 15 is 0 Å². The number of anilines is 1. The number of carbonyl (C=O) groups is 1. The topological polar surface area (TPSA) is 50.4 Å². The fourth-order valence-corrected chi connectivity index (χ4v) is 2.33. The first kappa shape index (κ1) is 17.8. The summed E-state index contributed by atoms with van der Waals surface area (Å²) < 4.78 is 5.10. The fraction of sp³-hybridized carbons (Fsp3) is 0.562. The fourth-order valence-electron chi connectivity index (χ4n) is 2.33. The van der Waals surface area contributed by atoms with E-state index in [0.717, 1.165) is 30.6 Å². The highest BCUT2D eigenvalue weighted by Gasteiger charge is 2.19. The van der Waals surface area contributed by atoms with E-state index in [1.165, 1.54) is 5.56 Å². The summed E-state index contributed by atoms with van der Waals surface area (Å²) >= 11 is 0. The van der Waals surface area contributed by atoms with Gasteiger partial charge < -0.3 is 15.4 Å². The third-order valence-electron chi connectivity index (χ3n) is 3.79. The van der Waals surface area contributed by atoms with Gasteiger partial charge in [-0.05, 0) is 42.0 Å². The molecule has 0 radical (unpaired) electrons. The van der Waals surface area contributed by atoms with Gasteiger partial charge in [0.1, 0.15) is 0 Å². The normalized spacial score (nSPS) is 13.1. The average Bonchev–Trinajstić information content (AvgIpc) is 2.90. The standard InChI is InChI=1S/C16H24N2O2.ClH/c1-16(2,7-9-20-3)11-18-15(19)13-4-5-14-12(10-13)6-8-17-14;/h4-5,10,17H,6-9,11H2,1-3H3,(H,18,19);1H. The van der Waals surface area contributed by atoms with Crippen LogP contribution in [0.2, 0.25) is 0 Å². The van der Waals surface area contributed by atoms with Crippen LogP contribution in [0.1, 0.15) is 36.2 Å². The minimum absolute atomic E-state index is 0. The molecule has 21 heavy (non-hydrogen) atoms. The molecular formula is C16H25ClN2O2. The van der Waals surface area contributed by atoms with Crippen LogP contribution in [0.5, 0.6) is 0 Å². The van der Waals surface area contributed by atoms with Crippen LogP contribution in [0.15, 0.2) is 18.2 Å². The van der Waals surface area contributed by atoms with Crippen LogP contribution in [0.4, 0.5) is 5.69 Å². The number of carbonyl (C=O) groups excluding carboxylic acids is 1. The highest BCUT2D eigenvalue weighted by molar-refractivity contribution is 5.95. The predicted molar refractivity (Wildman–Crippen MR) is 88.5 cm³/mol. The number of nitrogens with one attached hydrogen (secondary N) is 2. The van der Waals surface area contributed by atoms with E-state index in [-0.39, 0.29) is 23.7 Å². The maximum Gasteiger partial charge on any atom is 0.251 e. The molecule has 1 amide bonds. The van der Waals surface area contributed by atoms with Gasteiger partial charge in [0.25, 0.3) is 5.91 Å². The van der Waals surface area contributed by atoms with Crippen molar-refractivity contribution in [3.05, 3.63) is 29.3 Å². The highest BCUT2D eigenvalue weighted by atomic mass is 35.5. The highest BCUT2D eigenvalue weighted by Crippen LogP contribution is 2.23. The largest absolute Gasteiger partial charge is 0.385 e. The van der Waals surface area contributed by atoms with Crippen molar-refractivity contribution in [3.8, 4) is 0 Å². The SMILES string of the molecule is COCCC(C)(C)CNC(=O)c1ccc2c(c1)CCN2.Cl. The molecule has 0 saturated heterocycles. The van der Waals surface area contributed by atoms with Gasteiger partial charge in [0.05, 0.1) is 0 Å². The molecule has 4 nitrogen and oxygen atoms in total. The Morgan fingerprint density at radius 2 is 2.19 bits per heavy atom. The van der Waals surface area contributed by atoms with Crippen molar-refractivity contribution in [2.45, 2.75) is 26.7 Å². The molecule has 1 aliphatic rings. The zero-order valence-electron chi connectivity index (χ0n) is 13.0. The van der Waals surface area contributed by atoms with E-state index in [1.54, 1.807) is 7.11 Å². The zero-order chi connectivity index (χ0) is 14.6. The van der Waals surface area contributed by atoms with Crippen molar-refractivity contribution in [1.82, 2.24) is 5.32 Å². The molecule has 0 aliphatic carbocycles. The monoisotopic (exact) mass is 312 g/mol. The molecule has 2 rings (SSSR count). The molecule has 0 aromatic heterocycles. The second kappa shape index (κ2) is 7.66. The quantitative estimate of drug-likeness (QED) is 0.849. The van der Waals surface area contributed by atoms with Crippen LogP contribution >= 0.6 is 12.4 Å². The van der Waals surface area contributed by atoms with E-state index in [1.807, 2.05) is 18.2 Å². The average molecular weight is 313 g/mol. The number of methoxy groups -OCH3 is 1. The first-order chi connectivity index (χ1) is 9.52. The molecule has 1 aliphatic heterocycles. The van der Waals surface area contributed by atoms with Crippen molar-refractivity contribution in [2.24, 2.45) is 5.41 Å². The molecule has 0 spiro atoms. The summed E-state index contributed by atoms with van der Waals surface area (Å²) in [4.78, 5) is 12.2. The number of benzene rings is 1. The van der Waals surface area contributed by atoms with Gasteiger partial charge >= 0.3 is 0 Å². The Balaban J connectivity index is 0.00000220. The molecule has 0 unspecified atom stereocenters. The maximum absolute atomic E-state index is 12.2. The van der Waals surface area contributed by atoms with Crippen LogP contribution in [-0.4, -0.2) is 32.7 Å². The molecule has 0 saturated carbocycles. The molecule has 1 aromatic carbocycles. The third-order valence-corrected chi connectivity index (χ3v) is 3.79. The van der Waals surface area contributed by atoms with E-state index < -0.39 is 0 Å². The lowest BCUT2D eigenvalue weighted by Gasteiger charge is -2.24. The molecule has 5 heteroatoms. The smallest absolute Gasteiger partial charge is 0.251 e. The minimum atomic E-state index is 0. The summed E-state index contributed by atoms with van der Waals surface area (Å²) in [5.74, 6) is 0.00481. The Morgan fingerprint density at radius 1 is 1.43 bits per heavy atom. The Hall–Kier alpha value is -1.26. The molecule has 1 aromatic rings. The zero-order valence-corrected chi connectivity index (χ0v) is 13.8. The first-order valence-corrected chi connectivity index (χ1v) is 7.16. The second-order valence-electron chi connectivity index (χ2n) is 6.14. The Bertz CT molecular complexity index is 489. The Labute approximate surface area is 133 Å². The van der Waals surface area contributed by atoms with Crippen molar-refractivity contribution in [3.63, 3.8) is 0 Å². The lowest BCUT2D eigenvalue weighted by molar-refractivity contribution is 0.0921. The van der Waals surface area contributed by atoms with Gasteiger partial charge in [-0.3, -0.25) is 4.79 Å². The van der Waals surface area contributed by atoms with Crippen LogP contribution in [0.25, 0.3) is 0 Å². The van der Waals surface area contributed by atoms with Crippen molar-refractivity contribution in [2.75, 3.05) is 32.1 Å². The van der Waals surface area contributed by atoms with Gasteiger partial charge in [0, 0.05) is 38.1 Å². The van der Waals surface area contributed by atoms with Crippen LogP contribution in [-0.2, 0) is 11.2 Å². The predicted octanol–water partition coefficient (Wildman–Crippen LogP) is 2.87. The molecular weight excluding hydrogens is 288 g/mol. The van der Waals surface area contributed by atoms with E-state index in [2.05, 4.69) is 24.5 Å². The van der Waals surface area contributed by atoms with Gasteiger partial charge in [-0.1, -0.05) is 13.8 Å². The molecule has 0 bridgehead atoms. The van der Waals surface area contributed by atoms with Crippen LogP contribution in [0.3, 0.4) is 0 Å². The van der Waals surface area contributed by atoms with Crippen LogP contribution < -0.4 is 10.6 Å². The lowest BCUT2D eigenvalue weighted by atomic mass is 9.89. The Kier molecular flexibility index (Phi) is 6.49. The van der Waals surface area contributed by atoms with E-state index in [4.69, 9.17) is 4.74 Å². The number of hydrogen-bond acceptors (Lipinski definition) is 3. The summed E-state index contributed by atoms with van der Waals surface area (Å²) in [6.07, 6.45) is 1.92. The number of rotatable bonds is 6. The second-order valence-corrected chi connectivity index (χ2v) is 6.14. The molecule has 0 atom stereocenters. The lowest BCUT2D eigenvalue weighted by Crippen LogP contribution is -2.34. The summed E-state index contributed by atoms with van der Waals surface area (Å²) in [6.45, 7) is 6.61. The minimum Gasteiger partial charge on any atom is -0.385 e. The molecule has 118 valence electrons. The summed E-state index contributed by atoms with van der Waals surface area (Å²) in [5, 5.41) is 6.32. The summed E-state index contributed by atoms with van der Waals surface area (Å²) in [6, 6.07) is 5.87. The van der Waals surface area contributed by atoms with Crippen molar-refractivity contribution < 1.29 is 9.53 Å². The summed E-state index contributed by atoms with van der Waals surface area (Å²) in [7, 11) is 1.70. The van der Waals surface area contributed by atoms with Gasteiger partial charge in [0.2, 0.25) is 0 Å². The molecule has 0 fully saturated rings. The van der Waals surface area contributed by atoms with Crippen molar-refractivity contribution in [1.29, 1.82) is 0 Å². The van der Waals surface area contributed by atoms with E-state index in [0.29, 0.717) is 13.2 Å². The molecule has 2 N–H and O–H groups in total. The first-order valence-electron chi connectivity index (χ1n) is 7.16. The van der Waals surface area contributed by atoms with Gasteiger partial charge in [0.15, 0.2) is 0 Å². The number of hydrogen-bond donors (Lipinski definition) is 2. The van der Waals surface area contributed by atoms with Gasteiger partial charge in [-0.25, -0.2) is 0 Å². The summed E-state index contributed by atoms with van der Waals surface area (Å²) in [5.41, 5.74) is 3.18. The number of ether oxygens (including phenoxy) is 1. The van der Waals surface area contributed by atoms with Crippen molar-refractivity contribution >= 4 is 24.0 Å².